The first-order chi connectivity index (χ1) is 9.56. The topological polar surface area (TPSA) is 84.9 Å². The highest BCUT2D eigenvalue weighted by atomic mass is 79.9. The number of aliphatic carboxylic acids is 1. The lowest BCUT2D eigenvalue weighted by atomic mass is 10.0. The quantitative estimate of drug-likeness (QED) is 0.834. The summed E-state index contributed by atoms with van der Waals surface area (Å²) < 4.78 is 11.2. The Morgan fingerprint density at radius 1 is 1.45 bits per heavy atom. The molecule has 6 nitrogen and oxygen atoms in total. The molecule has 2 N–H and O–H groups in total. The molecule has 0 saturated carbocycles. The molecule has 2 rings (SSSR count). The molecule has 7 heteroatoms. The molecule has 20 heavy (non-hydrogen) atoms. The number of hydrogen-bond donors (Lipinski definition) is 2. The largest absolute Gasteiger partial charge is 0.484 e. The molecule has 2 atom stereocenters. The van der Waals surface area contributed by atoms with E-state index in [4.69, 9.17) is 14.6 Å². The minimum atomic E-state index is -0.972. The summed E-state index contributed by atoms with van der Waals surface area (Å²) in [4.78, 5) is 22.7. The SMILES string of the molecule is O=C(COc1cccc(Br)c1)NC1COCC1C(=O)O. The Bertz CT molecular complexity index is 507. The highest BCUT2D eigenvalue weighted by molar-refractivity contribution is 9.10. The molecule has 2 unspecified atom stereocenters. The van der Waals surface area contributed by atoms with Crippen LogP contribution in [0.5, 0.6) is 5.75 Å². The second-order valence-corrected chi connectivity index (χ2v) is 5.32. The number of carboxylic acid groups (broad SMARTS) is 1. The predicted octanol–water partition coefficient (Wildman–Crippen LogP) is 1.04. The van der Waals surface area contributed by atoms with Crippen molar-refractivity contribution in [2.24, 2.45) is 5.92 Å². The fraction of sp³-hybridized carbons (Fsp3) is 0.385. The maximum Gasteiger partial charge on any atom is 0.311 e. The van der Waals surface area contributed by atoms with E-state index in [9.17, 15) is 9.59 Å². The molecule has 0 aliphatic carbocycles. The Hall–Kier alpha value is -1.60. The van der Waals surface area contributed by atoms with E-state index in [2.05, 4.69) is 21.2 Å². The summed E-state index contributed by atoms with van der Waals surface area (Å²) >= 11 is 3.30. The minimum absolute atomic E-state index is 0.118. The van der Waals surface area contributed by atoms with Crippen LogP contribution in [0, 0.1) is 5.92 Å². The summed E-state index contributed by atoms with van der Waals surface area (Å²) in [6.45, 7) is 0.158. The van der Waals surface area contributed by atoms with Gasteiger partial charge in [-0.25, -0.2) is 0 Å². The molecule has 1 aliphatic rings. The van der Waals surface area contributed by atoms with Crippen LogP contribution in [0.15, 0.2) is 28.7 Å². The van der Waals surface area contributed by atoms with Gasteiger partial charge in [-0.2, -0.15) is 0 Å². The van der Waals surface area contributed by atoms with Gasteiger partial charge in [0.25, 0.3) is 5.91 Å². The molecular weight excluding hydrogens is 330 g/mol. The highest BCUT2D eigenvalue weighted by Crippen LogP contribution is 2.18. The maximum atomic E-state index is 11.7. The van der Waals surface area contributed by atoms with Gasteiger partial charge in [0, 0.05) is 4.47 Å². The van der Waals surface area contributed by atoms with E-state index in [1.165, 1.54) is 0 Å². The van der Waals surface area contributed by atoms with Gasteiger partial charge in [-0.1, -0.05) is 22.0 Å². The zero-order valence-corrected chi connectivity index (χ0v) is 12.1. The number of benzene rings is 1. The van der Waals surface area contributed by atoms with Crippen LogP contribution in [0.3, 0.4) is 0 Å². The molecule has 0 aromatic heterocycles. The third kappa shape index (κ3) is 3.94. The standard InChI is InChI=1S/C13H14BrNO5/c14-8-2-1-3-9(4-8)20-7-12(16)15-11-6-19-5-10(11)13(17)18/h1-4,10-11H,5-7H2,(H,15,16)(H,17,18). The van der Waals surface area contributed by atoms with Crippen LogP contribution >= 0.6 is 15.9 Å². The summed E-state index contributed by atoms with van der Waals surface area (Å²) in [5.41, 5.74) is 0. The van der Waals surface area contributed by atoms with Gasteiger partial charge in [0.05, 0.1) is 19.3 Å². The fourth-order valence-corrected chi connectivity index (χ4v) is 2.27. The lowest BCUT2D eigenvalue weighted by molar-refractivity contribution is -0.142. The third-order valence-corrected chi connectivity index (χ3v) is 3.40. The van der Waals surface area contributed by atoms with Crippen molar-refractivity contribution in [2.75, 3.05) is 19.8 Å². The summed E-state index contributed by atoms with van der Waals surface area (Å²) in [5.74, 6) is -1.48. The predicted molar refractivity (Wildman–Crippen MR) is 73.5 cm³/mol. The molecule has 0 radical (unpaired) electrons. The van der Waals surface area contributed by atoms with Crippen LogP contribution in [0.1, 0.15) is 0 Å². The molecule has 108 valence electrons. The summed E-state index contributed by atoms with van der Waals surface area (Å²) in [6, 6.07) is 6.61. The van der Waals surface area contributed by atoms with E-state index >= 15 is 0 Å². The van der Waals surface area contributed by atoms with Crippen molar-refractivity contribution < 1.29 is 24.2 Å². The fourth-order valence-electron chi connectivity index (χ4n) is 1.89. The average molecular weight is 344 g/mol. The van der Waals surface area contributed by atoms with E-state index in [0.717, 1.165) is 4.47 Å². The van der Waals surface area contributed by atoms with Crippen molar-refractivity contribution in [2.45, 2.75) is 6.04 Å². The normalized spacial score (nSPS) is 21.4. The van der Waals surface area contributed by atoms with Gasteiger partial charge >= 0.3 is 5.97 Å². The second-order valence-electron chi connectivity index (χ2n) is 4.40. The van der Waals surface area contributed by atoms with E-state index < -0.39 is 17.9 Å². The molecule has 0 bridgehead atoms. The van der Waals surface area contributed by atoms with Crippen molar-refractivity contribution >= 4 is 27.8 Å². The molecule has 0 spiro atoms. The number of carbonyl (C=O) groups excluding carboxylic acids is 1. The lowest BCUT2D eigenvalue weighted by Crippen LogP contribution is -2.44. The van der Waals surface area contributed by atoms with Crippen LogP contribution in [0.2, 0.25) is 0 Å². The van der Waals surface area contributed by atoms with Crippen molar-refractivity contribution in [3.8, 4) is 5.75 Å². The van der Waals surface area contributed by atoms with Crippen LogP contribution < -0.4 is 10.1 Å². The van der Waals surface area contributed by atoms with Gasteiger partial charge in [-0.15, -0.1) is 0 Å². The maximum absolute atomic E-state index is 11.7. The Balaban J connectivity index is 1.82. The number of amides is 1. The van der Waals surface area contributed by atoms with Gasteiger partial charge in [-0.3, -0.25) is 9.59 Å². The summed E-state index contributed by atoms with van der Waals surface area (Å²) in [5, 5.41) is 11.6. The molecule has 1 amide bonds. The molecule has 1 fully saturated rings. The Kier molecular flexibility index (Phi) is 4.97. The van der Waals surface area contributed by atoms with Crippen LogP contribution in [-0.2, 0) is 14.3 Å². The van der Waals surface area contributed by atoms with Crippen LogP contribution in [0.25, 0.3) is 0 Å². The zero-order chi connectivity index (χ0) is 14.5. The first kappa shape index (κ1) is 14.8. The third-order valence-electron chi connectivity index (χ3n) is 2.91. The highest BCUT2D eigenvalue weighted by Gasteiger charge is 2.34. The zero-order valence-electron chi connectivity index (χ0n) is 10.5. The van der Waals surface area contributed by atoms with Gasteiger partial charge in [0.15, 0.2) is 6.61 Å². The van der Waals surface area contributed by atoms with Crippen LogP contribution in [-0.4, -0.2) is 42.8 Å². The molecule has 1 aromatic carbocycles. The first-order valence-electron chi connectivity index (χ1n) is 6.04. The number of rotatable bonds is 5. The van der Waals surface area contributed by atoms with Crippen molar-refractivity contribution in [1.29, 1.82) is 0 Å². The van der Waals surface area contributed by atoms with Crippen molar-refractivity contribution in [3.63, 3.8) is 0 Å². The van der Waals surface area contributed by atoms with Crippen molar-refractivity contribution in [3.05, 3.63) is 28.7 Å². The van der Waals surface area contributed by atoms with E-state index in [-0.39, 0.29) is 25.7 Å². The molecule has 1 aromatic rings. The number of hydrogen-bond acceptors (Lipinski definition) is 4. The first-order valence-corrected chi connectivity index (χ1v) is 6.84. The lowest BCUT2D eigenvalue weighted by Gasteiger charge is -2.15. The molecular formula is C13H14BrNO5. The average Bonchev–Trinajstić information content (AvgIpc) is 2.85. The number of ether oxygens (including phenoxy) is 2. The van der Waals surface area contributed by atoms with Gasteiger partial charge < -0.3 is 19.9 Å². The Morgan fingerprint density at radius 2 is 2.25 bits per heavy atom. The second kappa shape index (κ2) is 6.71. The Morgan fingerprint density at radius 3 is 2.95 bits per heavy atom. The number of nitrogens with one attached hydrogen (secondary N) is 1. The summed E-state index contributed by atoms with van der Waals surface area (Å²) in [6.07, 6.45) is 0. The molecule has 1 saturated heterocycles. The summed E-state index contributed by atoms with van der Waals surface area (Å²) in [7, 11) is 0. The van der Waals surface area contributed by atoms with Crippen LogP contribution in [0.4, 0.5) is 0 Å². The smallest absolute Gasteiger partial charge is 0.311 e. The van der Waals surface area contributed by atoms with Gasteiger partial charge in [0.1, 0.15) is 11.7 Å². The number of carbonyl (C=O) groups is 2. The Labute approximate surface area is 124 Å². The van der Waals surface area contributed by atoms with Crippen molar-refractivity contribution in [1.82, 2.24) is 5.32 Å². The van der Waals surface area contributed by atoms with E-state index in [0.29, 0.717) is 5.75 Å². The van der Waals surface area contributed by atoms with E-state index in [1.807, 2.05) is 6.07 Å². The monoisotopic (exact) mass is 343 g/mol. The number of halogens is 1. The minimum Gasteiger partial charge on any atom is -0.484 e. The van der Waals surface area contributed by atoms with E-state index in [1.54, 1.807) is 18.2 Å². The number of carboxylic acids is 1. The molecule has 1 heterocycles. The molecule has 1 aliphatic heterocycles. The van der Waals surface area contributed by atoms with Gasteiger partial charge in [-0.05, 0) is 18.2 Å². The van der Waals surface area contributed by atoms with Gasteiger partial charge in [0.2, 0.25) is 0 Å².